The Morgan fingerprint density at radius 2 is 2.00 bits per heavy atom. The largest absolute Gasteiger partial charge is 0.507 e. The molecule has 1 aromatic rings. The summed E-state index contributed by atoms with van der Waals surface area (Å²) in [5, 5.41) is 13.4. The van der Waals surface area contributed by atoms with Crippen LogP contribution in [-0.2, 0) is 4.79 Å². The van der Waals surface area contributed by atoms with Crippen molar-refractivity contribution in [2.24, 2.45) is 11.0 Å². The van der Waals surface area contributed by atoms with Crippen LogP contribution < -0.4 is 5.43 Å². The maximum atomic E-state index is 11.8. The summed E-state index contributed by atoms with van der Waals surface area (Å²) in [6, 6.07) is 6.88. The first kappa shape index (κ1) is 12.6. The number of phenolic OH excluding ortho intramolecular Hbond substituents is 1. The fraction of sp³-hybridized carbons (Fsp3) is 0.429. The van der Waals surface area contributed by atoms with Gasteiger partial charge in [0.05, 0.1) is 6.21 Å². The lowest BCUT2D eigenvalue weighted by molar-refractivity contribution is -0.125. The van der Waals surface area contributed by atoms with Crippen LogP contribution >= 0.6 is 0 Å². The Morgan fingerprint density at radius 3 is 2.72 bits per heavy atom. The number of rotatable bonds is 3. The highest BCUT2D eigenvalue weighted by Crippen LogP contribution is 2.23. The minimum atomic E-state index is -0.0126. The van der Waals surface area contributed by atoms with E-state index in [0.717, 1.165) is 25.7 Å². The minimum Gasteiger partial charge on any atom is -0.507 e. The molecule has 1 aromatic carbocycles. The van der Waals surface area contributed by atoms with Gasteiger partial charge in [-0.05, 0) is 25.0 Å². The van der Waals surface area contributed by atoms with Gasteiger partial charge in [0.15, 0.2) is 0 Å². The molecule has 0 spiro atoms. The number of aromatic hydroxyl groups is 1. The number of para-hydroxylation sites is 1. The topological polar surface area (TPSA) is 61.7 Å². The lowest BCUT2D eigenvalue weighted by Gasteiger charge is -2.19. The third kappa shape index (κ3) is 3.32. The number of hydrazone groups is 1. The summed E-state index contributed by atoms with van der Waals surface area (Å²) >= 11 is 0. The maximum absolute atomic E-state index is 11.8. The number of phenols is 1. The smallest absolute Gasteiger partial charge is 0.243 e. The molecule has 0 saturated heterocycles. The van der Waals surface area contributed by atoms with Crippen molar-refractivity contribution in [1.82, 2.24) is 5.43 Å². The first-order valence-corrected chi connectivity index (χ1v) is 6.38. The van der Waals surface area contributed by atoms with E-state index < -0.39 is 0 Å². The number of nitrogens with zero attached hydrogens (tertiary/aromatic N) is 1. The van der Waals surface area contributed by atoms with Crippen molar-refractivity contribution in [3.8, 4) is 5.75 Å². The summed E-state index contributed by atoms with van der Waals surface area (Å²) in [6.07, 6.45) is 6.86. The van der Waals surface area contributed by atoms with Crippen LogP contribution in [0.2, 0.25) is 0 Å². The van der Waals surface area contributed by atoms with E-state index in [4.69, 9.17) is 0 Å². The number of amides is 1. The first-order chi connectivity index (χ1) is 8.77. The van der Waals surface area contributed by atoms with Gasteiger partial charge in [0.1, 0.15) is 5.75 Å². The number of benzene rings is 1. The van der Waals surface area contributed by atoms with E-state index in [1.807, 2.05) is 6.07 Å². The summed E-state index contributed by atoms with van der Waals surface area (Å²) in [6.45, 7) is 0. The van der Waals surface area contributed by atoms with E-state index in [1.54, 1.807) is 18.2 Å². The molecule has 18 heavy (non-hydrogen) atoms. The third-order valence-corrected chi connectivity index (χ3v) is 3.29. The predicted octanol–water partition coefficient (Wildman–Crippen LogP) is 2.42. The second-order valence-electron chi connectivity index (χ2n) is 4.63. The molecule has 0 heterocycles. The molecule has 96 valence electrons. The van der Waals surface area contributed by atoms with Crippen molar-refractivity contribution in [2.75, 3.05) is 0 Å². The van der Waals surface area contributed by atoms with Crippen molar-refractivity contribution >= 4 is 12.1 Å². The highest BCUT2D eigenvalue weighted by Gasteiger charge is 2.20. The fourth-order valence-corrected chi connectivity index (χ4v) is 2.22. The number of carbonyl (C=O) groups is 1. The van der Waals surface area contributed by atoms with Crippen LogP contribution in [0.1, 0.15) is 37.7 Å². The number of hydrogen-bond acceptors (Lipinski definition) is 3. The Labute approximate surface area is 107 Å². The summed E-state index contributed by atoms with van der Waals surface area (Å²) in [4.78, 5) is 11.8. The van der Waals surface area contributed by atoms with E-state index in [0.29, 0.717) is 5.56 Å². The van der Waals surface area contributed by atoms with Crippen LogP contribution in [0.3, 0.4) is 0 Å². The number of hydrogen-bond donors (Lipinski definition) is 2. The standard InChI is InChI=1S/C14H18N2O2/c17-13-9-5-4-8-12(13)10-15-16-14(18)11-6-2-1-3-7-11/h4-5,8-11,17H,1-3,6-7H2,(H,16,18)/b15-10-. The van der Waals surface area contributed by atoms with Crippen molar-refractivity contribution in [1.29, 1.82) is 0 Å². The molecule has 1 saturated carbocycles. The van der Waals surface area contributed by atoms with E-state index >= 15 is 0 Å². The van der Waals surface area contributed by atoms with Crippen LogP contribution in [0.25, 0.3) is 0 Å². The van der Waals surface area contributed by atoms with Crippen LogP contribution in [0, 0.1) is 5.92 Å². The number of carbonyl (C=O) groups excluding carboxylic acids is 1. The minimum absolute atomic E-state index is 0.0126. The van der Waals surface area contributed by atoms with Gasteiger partial charge in [0.25, 0.3) is 0 Å². The third-order valence-electron chi connectivity index (χ3n) is 3.29. The second kappa shape index (κ2) is 6.19. The lowest BCUT2D eigenvalue weighted by atomic mass is 9.89. The Hall–Kier alpha value is -1.84. The molecule has 2 rings (SSSR count). The maximum Gasteiger partial charge on any atom is 0.243 e. The molecule has 4 heteroatoms. The van der Waals surface area contributed by atoms with Crippen LogP contribution in [0.4, 0.5) is 0 Å². The summed E-state index contributed by atoms with van der Waals surface area (Å²) in [5.41, 5.74) is 3.15. The average molecular weight is 246 g/mol. The average Bonchev–Trinajstić information content (AvgIpc) is 2.42. The SMILES string of the molecule is O=C(N/N=C\c1ccccc1O)C1CCCCC1. The molecule has 0 aliphatic heterocycles. The molecule has 0 atom stereocenters. The molecule has 1 amide bonds. The number of nitrogens with one attached hydrogen (secondary N) is 1. The normalized spacial score (nSPS) is 16.9. The Kier molecular flexibility index (Phi) is 4.34. The molecule has 0 aromatic heterocycles. The highest BCUT2D eigenvalue weighted by molar-refractivity contribution is 5.85. The molecule has 4 nitrogen and oxygen atoms in total. The Bertz CT molecular complexity index is 437. The molecule has 0 radical (unpaired) electrons. The van der Waals surface area contributed by atoms with Gasteiger partial charge in [-0.3, -0.25) is 4.79 Å². The van der Waals surface area contributed by atoms with E-state index in [1.165, 1.54) is 12.6 Å². The lowest BCUT2D eigenvalue weighted by Crippen LogP contribution is -2.28. The Morgan fingerprint density at radius 1 is 1.28 bits per heavy atom. The van der Waals surface area contributed by atoms with E-state index in [9.17, 15) is 9.90 Å². The van der Waals surface area contributed by atoms with Crippen LogP contribution in [-0.4, -0.2) is 17.2 Å². The van der Waals surface area contributed by atoms with Gasteiger partial charge in [0.2, 0.25) is 5.91 Å². The fourth-order valence-electron chi connectivity index (χ4n) is 2.22. The van der Waals surface area contributed by atoms with Gasteiger partial charge in [-0.1, -0.05) is 31.4 Å². The van der Waals surface area contributed by atoms with Crippen molar-refractivity contribution in [3.63, 3.8) is 0 Å². The zero-order valence-corrected chi connectivity index (χ0v) is 10.3. The van der Waals surface area contributed by atoms with Crippen molar-refractivity contribution in [3.05, 3.63) is 29.8 Å². The molecular weight excluding hydrogens is 228 g/mol. The summed E-state index contributed by atoms with van der Waals surface area (Å²) < 4.78 is 0. The molecule has 2 N–H and O–H groups in total. The van der Waals surface area contributed by atoms with E-state index in [-0.39, 0.29) is 17.6 Å². The van der Waals surface area contributed by atoms with Gasteiger partial charge in [-0.15, -0.1) is 0 Å². The van der Waals surface area contributed by atoms with Gasteiger partial charge in [-0.2, -0.15) is 5.10 Å². The van der Waals surface area contributed by atoms with Gasteiger partial charge >= 0.3 is 0 Å². The molecule has 1 aliphatic rings. The van der Waals surface area contributed by atoms with Crippen LogP contribution in [0.5, 0.6) is 5.75 Å². The van der Waals surface area contributed by atoms with Gasteiger partial charge in [-0.25, -0.2) is 5.43 Å². The molecule has 0 unspecified atom stereocenters. The van der Waals surface area contributed by atoms with Gasteiger partial charge < -0.3 is 5.11 Å². The predicted molar refractivity (Wildman–Crippen MR) is 70.4 cm³/mol. The van der Waals surface area contributed by atoms with Crippen molar-refractivity contribution < 1.29 is 9.90 Å². The first-order valence-electron chi connectivity index (χ1n) is 6.38. The molecule has 1 aliphatic carbocycles. The van der Waals surface area contributed by atoms with E-state index in [2.05, 4.69) is 10.5 Å². The highest BCUT2D eigenvalue weighted by atomic mass is 16.3. The zero-order valence-electron chi connectivity index (χ0n) is 10.3. The Balaban J connectivity index is 1.87. The summed E-state index contributed by atoms with van der Waals surface area (Å²) in [5.74, 6) is 0.245. The second-order valence-corrected chi connectivity index (χ2v) is 4.63. The molecular formula is C14H18N2O2. The quantitative estimate of drug-likeness (QED) is 0.635. The van der Waals surface area contributed by atoms with Crippen molar-refractivity contribution in [2.45, 2.75) is 32.1 Å². The molecule has 0 bridgehead atoms. The molecule has 1 fully saturated rings. The summed E-state index contributed by atoms with van der Waals surface area (Å²) in [7, 11) is 0. The van der Waals surface area contributed by atoms with Crippen LogP contribution in [0.15, 0.2) is 29.4 Å². The zero-order chi connectivity index (χ0) is 12.8. The monoisotopic (exact) mass is 246 g/mol. The van der Waals surface area contributed by atoms with Gasteiger partial charge in [0, 0.05) is 11.5 Å².